The summed E-state index contributed by atoms with van der Waals surface area (Å²) < 4.78 is 22.6. The third-order valence-electron chi connectivity index (χ3n) is 2.05. The summed E-state index contributed by atoms with van der Waals surface area (Å²) >= 11 is 0. The second-order valence-electron chi connectivity index (χ2n) is 3.02. The molecule has 1 heterocycles. The Morgan fingerprint density at radius 1 is 1.50 bits per heavy atom. The molecule has 0 bridgehead atoms. The summed E-state index contributed by atoms with van der Waals surface area (Å²) in [6.07, 6.45) is 2.82. The molecule has 2 aromatic rings. The molecule has 0 saturated heterocycles. The molecule has 4 nitrogen and oxygen atoms in total. The summed E-state index contributed by atoms with van der Waals surface area (Å²) in [4.78, 5) is 15.3. The maximum Gasteiger partial charge on any atom is 0.338 e. The predicted octanol–water partition coefficient (Wildman–Crippen LogP) is 2.27. The van der Waals surface area contributed by atoms with Crippen molar-refractivity contribution >= 4 is 5.97 Å². The van der Waals surface area contributed by atoms with Crippen LogP contribution in [0, 0.1) is 5.82 Å². The summed E-state index contributed by atoms with van der Waals surface area (Å²) in [5.74, 6) is -0.899. The minimum atomic E-state index is -0.632. The first-order valence-electron chi connectivity index (χ1n) is 4.50. The molecule has 82 valence electrons. The topological polar surface area (TPSA) is 52.3 Å². The number of benzene rings is 1. The van der Waals surface area contributed by atoms with Crippen LogP contribution in [-0.2, 0) is 4.74 Å². The van der Waals surface area contributed by atoms with Gasteiger partial charge in [0.1, 0.15) is 12.1 Å². The van der Waals surface area contributed by atoms with Crippen molar-refractivity contribution in [2.45, 2.75) is 0 Å². The highest BCUT2D eigenvalue weighted by Gasteiger charge is 2.16. The maximum atomic E-state index is 13.0. The molecule has 0 amide bonds. The molecule has 0 radical (unpaired) electrons. The van der Waals surface area contributed by atoms with Crippen molar-refractivity contribution in [3.8, 4) is 11.5 Å². The second kappa shape index (κ2) is 4.14. The van der Waals surface area contributed by atoms with Gasteiger partial charge in [0, 0.05) is 0 Å². The Morgan fingerprint density at radius 2 is 2.31 bits per heavy atom. The smallest absolute Gasteiger partial charge is 0.338 e. The van der Waals surface area contributed by atoms with Crippen LogP contribution in [0.2, 0.25) is 0 Å². The highest BCUT2D eigenvalue weighted by atomic mass is 19.1. The van der Waals surface area contributed by atoms with Crippen LogP contribution in [0.15, 0.2) is 35.1 Å². The van der Waals surface area contributed by atoms with E-state index in [1.54, 1.807) is 0 Å². The van der Waals surface area contributed by atoms with Crippen LogP contribution >= 0.6 is 0 Å². The summed E-state index contributed by atoms with van der Waals surface area (Å²) in [7, 11) is 1.23. The summed E-state index contributed by atoms with van der Waals surface area (Å²) in [5.41, 5.74) is 0.489. The fourth-order valence-electron chi connectivity index (χ4n) is 1.34. The molecule has 0 unspecified atom stereocenters. The molecule has 0 atom stereocenters. The first-order chi connectivity index (χ1) is 7.72. The van der Waals surface area contributed by atoms with Gasteiger partial charge in [0.15, 0.2) is 0 Å². The maximum absolute atomic E-state index is 13.0. The number of aromatic nitrogens is 1. The molecule has 0 spiro atoms. The molecule has 2 rings (SSSR count). The average molecular weight is 221 g/mol. The summed E-state index contributed by atoms with van der Waals surface area (Å²) in [5, 5.41) is 0. The van der Waals surface area contributed by atoms with Crippen molar-refractivity contribution in [2.24, 2.45) is 0 Å². The van der Waals surface area contributed by atoms with Crippen molar-refractivity contribution in [3.63, 3.8) is 0 Å². The normalized spacial score (nSPS) is 10.1. The van der Waals surface area contributed by atoms with Gasteiger partial charge in [-0.25, -0.2) is 14.2 Å². The second-order valence-corrected chi connectivity index (χ2v) is 3.02. The zero-order valence-electron chi connectivity index (χ0n) is 8.44. The Labute approximate surface area is 90.7 Å². The molecule has 16 heavy (non-hydrogen) atoms. The van der Waals surface area contributed by atoms with Gasteiger partial charge in [-0.1, -0.05) is 0 Å². The zero-order valence-corrected chi connectivity index (χ0v) is 8.44. The minimum Gasteiger partial charge on any atom is -0.465 e. The number of esters is 1. The van der Waals surface area contributed by atoms with Crippen LogP contribution in [0.5, 0.6) is 0 Å². The van der Waals surface area contributed by atoms with E-state index in [-0.39, 0.29) is 11.5 Å². The van der Waals surface area contributed by atoms with E-state index in [2.05, 4.69) is 9.72 Å². The molecule has 0 aliphatic carbocycles. The number of methoxy groups -OCH3 is 1. The van der Waals surface area contributed by atoms with E-state index in [1.807, 2.05) is 0 Å². The first-order valence-corrected chi connectivity index (χ1v) is 4.50. The number of hydrogen-bond donors (Lipinski definition) is 0. The van der Waals surface area contributed by atoms with Crippen molar-refractivity contribution in [2.75, 3.05) is 7.11 Å². The van der Waals surface area contributed by atoms with Crippen molar-refractivity contribution < 1.29 is 18.3 Å². The minimum absolute atomic E-state index is 0.0879. The third-order valence-corrected chi connectivity index (χ3v) is 2.05. The molecule has 5 heteroatoms. The van der Waals surface area contributed by atoms with E-state index in [4.69, 9.17) is 4.42 Å². The van der Waals surface area contributed by atoms with E-state index < -0.39 is 11.8 Å². The van der Waals surface area contributed by atoms with Crippen LogP contribution in [-0.4, -0.2) is 18.1 Å². The zero-order chi connectivity index (χ0) is 11.5. The predicted molar refractivity (Wildman–Crippen MR) is 53.2 cm³/mol. The van der Waals surface area contributed by atoms with Gasteiger partial charge in [-0.2, -0.15) is 0 Å². The lowest BCUT2D eigenvalue weighted by Gasteiger charge is -2.04. The van der Waals surface area contributed by atoms with Crippen LogP contribution in [0.25, 0.3) is 11.5 Å². The lowest BCUT2D eigenvalue weighted by Crippen LogP contribution is -2.04. The average Bonchev–Trinajstić information content (AvgIpc) is 2.81. The van der Waals surface area contributed by atoms with Gasteiger partial charge in [-0.15, -0.1) is 0 Å². The summed E-state index contributed by atoms with van der Waals surface area (Å²) in [6, 6.07) is 3.74. The molecule has 0 aliphatic rings. The van der Waals surface area contributed by atoms with Crippen LogP contribution in [0.1, 0.15) is 10.4 Å². The highest BCUT2D eigenvalue weighted by molar-refractivity contribution is 5.96. The number of nitrogens with zero attached hydrogens (tertiary/aromatic N) is 1. The number of oxazole rings is 1. The van der Waals surface area contributed by atoms with Gasteiger partial charge in [-0.05, 0) is 18.2 Å². The lowest BCUT2D eigenvalue weighted by molar-refractivity contribution is 0.0601. The van der Waals surface area contributed by atoms with E-state index in [0.29, 0.717) is 5.56 Å². The molecule has 1 aromatic carbocycles. The highest BCUT2D eigenvalue weighted by Crippen LogP contribution is 2.23. The van der Waals surface area contributed by atoms with E-state index in [9.17, 15) is 9.18 Å². The standard InChI is InChI=1S/C11H8FNO3/c1-15-11(14)9-6-7(12)2-3-8(9)10-13-4-5-16-10/h2-6H,1H3. The number of carbonyl (C=O) groups is 1. The fraction of sp³-hybridized carbons (Fsp3) is 0.0909. The number of carbonyl (C=O) groups excluding carboxylic acids is 1. The summed E-state index contributed by atoms with van der Waals surface area (Å²) in [6.45, 7) is 0. The first kappa shape index (κ1) is 10.4. The van der Waals surface area contributed by atoms with Crippen molar-refractivity contribution in [1.82, 2.24) is 4.98 Å². The lowest BCUT2D eigenvalue weighted by atomic mass is 10.1. The Morgan fingerprint density at radius 3 is 2.94 bits per heavy atom. The van der Waals surface area contributed by atoms with Gasteiger partial charge in [0.25, 0.3) is 0 Å². The molecule has 0 fully saturated rings. The number of rotatable bonds is 2. The van der Waals surface area contributed by atoms with Gasteiger partial charge >= 0.3 is 5.97 Å². The largest absolute Gasteiger partial charge is 0.465 e. The van der Waals surface area contributed by atoms with Crippen molar-refractivity contribution in [3.05, 3.63) is 42.0 Å². The SMILES string of the molecule is COC(=O)c1cc(F)ccc1-c1ncco1. The van der Waals surface area contributed by atoms with E-state index >= 15 is 0 Å². The quantitative estimate of drug-likeness (QED) is 0.730. The van der Waals surface area contributed by atoms with Gasteiger partial charge < -0.3 is 9.15 Å². The van der Waals surface area contributed by atoms with Crippen LogP contribution in [0.3, 0.4) is 0 Å². The third kappa shape index (κ3) is 1.79. The molecule has 0 saturated carbocycles. The van der Waals surface area contributed by atoms with Gasteiger partial charge in [0.05, 0.1) is 24.4 Å². The van der Waals surface area contributed by atoms with Gasteiger partial charge in [-0.3, -0.25) is 0 Å². The Hall–Kier alpha value is -2.17. The van der Waals surface area contributed by atoms with E-state index in [0.717, 1.165) is 6.07 Å². The molecule has 0 N–H and O–H groups in total. The Kier molecular flexibility index (Phi) is 2.68. The molecule has 0 aliphatic heterocycles. The molecule has 1 aromatic heterocycles. The Bertz CT molecular complexity index is 508. The number of hydrogen-bond acceptors (Lipinski definition) is 4. The van der Waals surface area contributed by atoms with Crippen LogP contribution < -0.4 is 0 Å². The fourth-order valence-corrected chi connectivity index (χ4v) is 1.34. The Balaban J connectivity index is 2.57. The monoisotopic (exact) mass is 221 g/mol. The van der Waals surface area contributed by atoms with Crippen molar-refractivity contribution in [1.29, 1.82) is 0 Å². The van der Waals surface area contributed by atoms with Gasteiger partial charge in [0.2, 0.25) is 5.89 Å². The number of halogens is 1. The molecular formula is C11H8FNO3. The van der Waals surface area contributed by atoms with E-state index in [1.165, 1.54) is 31.7 Å². The number of ether oxygens (including phenoxy) is 1. The van der Waals surface area contributed by atoms with Crippen LogP contribution in [0.4, 0.5) is 4.39 Å². The molecular weight excluding hydrogens is 213 g/mol.